The highest BCUT2D eigenvalue weighted by Crippen LogP contribution is 2.28. The second kappa shape index (κ2) is 7.78. The number of aryl methyl sites for hydroxylation is 1. The van der Waals surface area contributed by atoms with E-state index in [1.807, 2.05) is 6.92 Å². The normalized spacial score (nSPS) is 15.9. The van der Waals surface area contributed by atoms with E-state index in [-0.39, 0.29) is 0 Å². The minimum absolute atomic E-state index is 0.524. The molecule has 0 radical (unpaired) electrons. The smallest absolute Gasteiger partial charge is 0.160 e. The van der Waals surface area contributed by atoms with Crippen LogP contribution in [-0.2, 0) is 17.7 Å². The van der Waals surface area contributed by atoms with E-state index in [9.17, 15) is 0 Å². The van der Waals surface area contributed by atoms with Crippen LogP contribution >= 0.6 is 0 Å². The molecule has 0 spiro atoms. The van der Waals surface area contributed by atoms with Gasteiger partial charge in [-0.25, -0.2) is 9.67 Å². The van der Waals surface area contributed by atoms with Crippen LogP contribution in [0, 0.1) is 12.8 Å². The molecule has 0 bridgehead atoms. The number of nitrogens with zero attached hydrogens (tertiary/aromatic N) is 5. The van der Waals surface area contributed by atoms with Crippen LogP contribution in [-0.4, -0.2) is 62.7 Å². The first-order chi connectivity index (χ1) is 13.1. The fourth-order valence-corrected chi connectivity index (χ4v) is 3.60. The highest BCUT2D eigenvalue weighted by molar-refractivity contribution is 5.93. The zero-order valence-corrected chi connectivity index (χ0v) is 16.4. The van der Waals surface area contributed by atoms with Crippen molar-refractivity contribution < 1.29 is 4.74 Å². The monoisotopic (exact) mass is 368 g/mol. The number of nitrogens with one attached hydrogen (secondary N) is 1. The van der Waals surface area contributed by atoms with Gasteiger partial charge in [-0.05, 0) is 18.9 Å². The summed E-state index contributed by atoms with van der Waals surface area (Å²) in [6.07, 6.45) is 0.882. The SMILES string of the molecule is Cc1[nH]nc2c(-c3nc(CC(C)C)nn3CCN3CCOCC3)cccc12. The van der Waals surface area contributed by atoms with Crippen molar-refractivity contribution in [3.05, 3.63) is 29.7 Å². The van der Waals surface area contributed by atoms with Gasteiger partial charge in [-0.3, -0.25) is 10.00 Å². The van der Waals surface area contributed by atoms with Gasteiger partial charge >= 0.3 is 0 Å². The molecule has 0 saturated carbocycles. The number of para-hydroxylation sites is 1. The number of hydrogen-bond donors (Lipinski definition) is 1. The lowest BCUT2D eigenvalue weighted by Crippen LogP contribution is -2.38. The van der Waals surface area contributed by atoms with Gasteiger partial charge in [-0.2, -0.15) is 10.2 Å². The molecular weight excluding hydrogens is 340 g/mol. The van der Waals surface area contributed by atoms with Crippen molar-refractivity contribution in [2.75, 3.05) is 32.8 Å². The molecule has 1 aliphatic heterocycles. The molecule has 27 heavy (non-hydrogen) atoms. The molecule has 144 valence electrons. The van der Waals surface area contributed by atoms with E-state index in [1.165, 1.54) is 0 Å². The highest BCUT2D eigenvalue weighted by atomic mass is 16.5. The molecule has 1 N–H and O–H groups in total. The summed E-state index contributed by atoms with van der Waals surface area (Å²) in [5.41, 5.74) is 3.08. The van der Waals surface area contributed by atoms with Crippen molar-refractivity contribution in [2.24, 2.45) is 5.92 Å². The maximum Gasteiger partial charge on any atom is 0.160 e. The minimum Gasteiger partial charge on any atom is -0.379 e. The zero-order valence-electron chi connectivity index (χ0n) is 16.4. The quantitative estimate of drug-likeness (QED) is 0.724. The summed E-state index contributed by atoms with van der Waals surface area (Å²) in [6.45, 7) is 11.8. The molecule has 2 aromatic heterocycles. The molecule has 4 rings (SSSR count). The lowest BCUT2D eigenvalue weighted by atomic mass is 10.1. The molecule has 1 aliphatic rings. The van der Waals surface area contributed by atoms with Crippen molar-refractivity contribution in [3.63, 3.8) is 0 Å². The molecule has 1 aromatic carbocycles. The summed E-state index contributed by atoms with van der Waals surface area (Å²) in [6, 6.07) is 6.27. The summed E-state index contributed by atoms with van der Waals surface area (Å²) >= 11 is 0. The van der Waals surface area contributed by atoms with Crippen LogP contribution in [0.25, 0.3) is 22.3 Å². The third kappa shape index (κ3) is 3.89. The van der Waals surface area contributed by atoms with Crippen LogP contribution < -0.4 is 0 Å². The zero-order chi connectivity index (χ0) is 18.8. The first-order valence-corrected chi connectivity index (χ1v) is 9.79. The van der Waals surface area contributed by atoms with Crippen LogP contribution in [0.5, 0.6) is 0 Å². The number of morpholine rings is 1. The number of benzene rings is 1. The Morgan fingerprint density at radius 1 is 1.19 bits per heavy atom. The van der Waals surface area contributed by atoms with Crippen LogP contribution in [0.3, 0.4) is 0 Å². The van der Waals surface area contributed by atoms with Crippen molar-refractivity contribution >= 4 is 10.9 Å². The third-order valence-corrected chi connectivity index (χ3v) is 5.05. The van der Waals surface area contributed by atoms with Gasteiger partial charge in [0.05, 0.1) is 19.8 Å². The first-order valence-electron chi connectivity index (χ1n) is 9.79. The summed E-state index contributed by atoms with van der Waals surface area (Å²) in [5, 5.41) is 13.6. The van der Waals surface area contributed by atoms with Gasteiger partial charge in [0.1, 0.15) is 5.52 Å². The first kappa shape index (κ1) is 18.1. The summed E-state index contributed by atoms with van der Waals surface area (Å²) in [4.78, 5) is 7.33. The minimum atomic E-state index is 0.524. The van der Waals surface area contributed by atoms with E-state index in [0.717, 1.165) is 79.6 Å². The average Bonchev–Trinajstić information content (AvgIpc) is 3.24. The van der Waals surface area contributed by atoms with Crippen molar-refractivity contribution in [1.29, 1.82) is 0 Å². The maximum atomic E-state index is 5.45. The van der Waals surface area contributed by atoms with Gasteiger partial charge < -0.3 is 4.74 Å². The van der Waals surface area contributed by atoms with Gasteiger partial charge in [-0.15, -0.1) is 0 Å². The lowest BCUT2D eigenvalue weighted by molar-refractivity contribution is 0.0360. The molecule has 3 aromatic rings. The van der Waals surface area contributed by atoms with Crippen LogP contribution in [0.4, 0.5) is 0 Å². The predicted molar refractivity (Wildman–Crippen MR) is 106 cm³/mol. The largest absolute Gasteiger partial charge is 0.379 e. The fraction of sp³-hybridized carbons (Fsp3) is 0.550. The van der Waals surface area contributed by atoms with E-state index in [1.54, 1.807) is 0 Å². The van der Waals surface area contributed by atoms with Crippen molar-refractivity contribution in [2.45, 2.75) is 33.7 Å². The van der Waals surface area contributed by atoms with E-state index in [0.29, 0.717) is 5.92 Å². The molecule has 1 fully saturated rings. The molecule has 3 heterocycles. The standard InChI is InChI=1S/C20H28N6O/c1-14(2)13-18-21-20(17-6-4-5-16-15(3)22-23-19(16)17)26(24-18)8-7-25-9-11-27-12-10-25/h4-6,14H,7-13H2,1-3H3,(H,22,23). The Hall–Kier alpha value is -2.25. The molecule has 0 amide bonds. The van der Waals surface area contributed by atoms with E-state index < -0.39 is 0 Å². The number of ether oxygens (including phenoxy) is 1. The molecule has 0 aliphatic carbocycles. The van der Waals surface area contributed by atoms with Crippen molar-refractivity contribution in [3.8, 4) is 11.4 Å². The molecular formula is C20H28N6O. The highest BCUT2D eigenvalue weighted by Gasteiger charge is 2.18. The summed E-state index contributed by atoms with van der Waals surface area (Å²) < 4.78 is 7.52. The Morgan fingerprint density at radius 2 is 2.00 bits per heavy atom. The molecule has 7 nitrogen and oxygen atoms in total. The third-order valence-electron chi connectivity index (χ3n) is 5.05. The summed E-state index contributed by atoms with van der Waals surface area (Å²) in [7, 11) is 0. The van der Waals surface area contributed by atoms with Crippen LogP contribution in [0.1, 0.15) is 25.4 Å². The Morgan fingerprint density at radius 3 is 2.78 bits per heavy atom. The fourth-order valence-electron chi connectivity index (χ4n) is 3.60. The number of aromatic nitrogens is 5. The second-order valence-electron chi connectivity index (χ2n) is 7.68. The molecule has 7 heteroatoms. The van der Waals surface area contributed by atoms with Gasteiger partial charge in [-0.1, -0.05) is 26.0 Å². The number of hydrogen-bond acceptors (Lipinski definition) is 5. The van der Waals surface area contributed by atoms with E-state index >= 15 is 0 Å². The van der Waals surface area contributed by atoms with E-state index in [4.69, 9.17) is 14.8 Å². The number of fused-ring (bicyclic) bond motifs is 1. The molecule has 0 atom stereocenters. The Bertz CT molecular complexity index is 906. The van der Waals surface area contributed by atoms with Gasteiger partial charge in [0, 0.05) is 42.7 Å². The number of aromatic amines is 1. The number of rotatable bonds is 6. The topological polar surface area (TPSA) is 71.9 Å². The van der Waals surface area contributed by atoms with Crippen LogP contribution in [0.15, 0.2) is 18.2 Å². The average molecular weight is 368 g/mol. The molecule has 1 saturated heterocycles. The Balaban J connectivity index is 1.67. The van der Waals surface area contributed by atoms with Gasteiger partial charge in [0.15, 0.2) is 11.6 Å². The molecule has 0 unspecified atom stereocenters. The van der Waals surface area contributed by atoms with Crippen molar-refractivity contribution in [1.82, 2.24) is 29.9 Å². The Kier molecular flexibility index (Phi) is 5.22. The lowest BCUT2D eigenvalue weighted by Gasteiger charge is -2.26. The predicted octanol–water partition coefficient (Wildman–Crippen LogP) is 2.66. The second-order valence-corrected chi connectivity index (χ2v) is 7.68. The van der Waals surface area contributed by atoms with Gasteiger partial charge in [0.2, 0.25) is 0 Å². The number of H-pyrrole nitrogens is 1. The Labute approximate surface area is 159 Å². The maximum absolute atomic E-state index is 5.45. The summed E-state index contributed by atoms with van der Waals surface area (Å²) in [5.74, 6) is 2.35. The van der Waals surface area contributed by atoms with Crippen LogP contribution in [0.2, 0.25) is 0 Å². The van der Waals surface area contributed by atoms with E-state index in [2.05, 4.69) is 51.8 Å². The van der Waals surface area contributed by atoms with Gasteiger partial charge in [0.25, 0.3) is 0 Å².